The van der Waals surface area contributed by atoms with Gasteiger partial charge >= 0.3 is 5.97 Å². The van der Waals surface area contributed by atoms with Gasteiger partial charge in [0.1, 0.15) is 5.02 Å². The van der Waals surface area contributed by atoms with Crippen LogP contribution in [0.2, 0.25) is 10.0 Å². The summed E-state index contributed by atoms with van der Waals surface area (Å²) in [4.78, 5) is 27.9. The zero-order chi connectivity index (χ0) is 19.1. The summed E-state index contributed by atoms with van der Waals surface area (Å²) in [6.45, 7) is 2.05. The van der Waals surface area contributed by atoms with E-state index in [0.29, 0.717) is 17.0 Å². The first kappa shape index (κ1) is 20.0. The molecule has 1 N–H and O–H groups in total. The van der Waals surface area contributed by atoms with Crippen LogP contribution < -0.4 is 10.1 Å². The van der Waals surface area contributed by atoms with E-state index in [1.807, 2.05) is 6.92 Å². The van der Waals surface area contributed by atoms with Crippen molar-refractivity contribution < 1.29 is 19.1 Å². The summed E-state index contributed by atoms with van der Waals surface area (Å²) < 4.78 is 10.3. The summed E-state index contributed by atoms with van der Waals surface area (Å²) >= 11 is 11.8. The first-order valence-electron chi connectivity index (χ1n) is 7.87. The summed E-state index contributed by atoms with van der Waals surface area (Å²) in [5.74, 6) is -0.606. The Bertz CT molecular complexity index is 799. The monoisotopic (exact) mass is 396 g/mol. The molecule has 6 nitrogen and oxygen atoms in total. The molecule has 2 aromatic rings. The number of amides is 1. The zero-order valence-electron chi connectivity index (χ0n) is 14.3. The Morgan fingerprint density at radius 2 is 2.04 bits per heavy atom. The van der Waals surface area contributed by atoms with Crippen molar-refractivity contribution in [1.29, 1.82) is 0 Å². The highest BCUT2D eigenvalue weighted by Crippen LogP contribution is 2.25. The van der Waals surface area contributed by atoms with Gasteiger partial charge in [-0.15, -0.1) is 0 Å². The summed E-state index contributed by atoms with van der Waals surface area (Å²) in [5, 5.41) is 3.38. The number of methoxy groups -OCH3 is 1. The largest absolute Gasteiger partial charge is 0.465 e. The van der Waals surface area contributed by atoms with E-state index < -0.39 is 12.1 Å². The average Bonchev–Trinajstić information content (AvgIpc) is 2.65. The fourth-order valence-electron chi connectivity index (χ4n) is 2.17. The smallest absolute Gasteiger partial charge is 0.337 e. The fraction of sp³-hybridized carbons (Fsp3) is 0.278. The van der Waals surface area contributed by atoms with E-state index in [0.717, 1.165) is 5.56 Å². The number of nitrogens with one attached hydrogen (secondary N) is 1. The maximum absolute atomic E-state index is 12.4. The highest BCUT2D eigenvalue weighted by molar-refractivity contribution is 6.35. The van der Waals surface area contributed by atoms with Crippen molar-refractivity contribution in [3.63, 3.8) is 0 Å². The van der Waals surface area contributed by atoms with Gasteiger partial charge in [-0.05, 0) is 30.2 Å². The summed E-state index contributed by atoms with van der Waals surface area (Å²) in [6, 6.07) is 8.31. The van der Waals surface area contributed by atoms with Gasteiger partial charge in [-0.25, -0.2) is 9.78 Å². The van der Waals surface area contributed by atoms with Gasteiger partial charge in [0.05, 0.1) is 17.7 Å². The third kappa shape index (κ3) is 5.34. The van der Waals surface area contributed by atoms with Gasteiger partial charge < -0.3 is 14.8 Å². The number of benzene rings is 1. The summed E-state index contributed by atoms with van der Waals surface area (Å²) in [6.07, 6.45) is 1.06. The molecule has 0 aliphatic rings. The third-order valence-corrected chi connectivity index (χ3v) is 3.98. The molecule has 1 aromatic carbocycles. The highest BCUT2D eigenvalue weighted by atomic mass is 35.5. The lowest BCUT2D eigenvalue weighted by Crippen LogP contribution is -2.37. The van der Waals surface area contributed by atoms with Crippen molar-refractivity contribution in [3.8, 4) is 5.88 Å². The van der Waals surface area contributed by atoms with E-state index in [1.54, 1.807) is 24.3 Å². The van der Waals surface area contributed by atoms with Crippen LogP contribution in [-0.2, 0) is 16.1 Å². The van der Waals surface area contributed by atoms with Crippen LogP contribution in [0.1, 0.15) is 29.3 Å². The standard InChI is InChI=1S/C18H18Cl2N2O4/c1-3-15(26-17-14(20)8-13(19)10-22-17)16(23)21-9-11-5-4-6-12(7-11)18(24)25-2/h4-8,10,15H,3,9H2,1-2H3,(H,21,23)/t15-/m1/s1. The first-order valence-corrected chi connectivity index (χ1v) is 8.62. The molecule has 8 heteroatoms. The van der Waals surface area contributed by atoms with Crippen molar-refractivity contribution >= 4 is 35.1 Å². The molecule has 1 amide bonds. The van der Waals surface area contributed by atoms with Crippen LogP contribution in [0.3, 0.4) is 0 Å². The topological polar surface area (TPSA) is 77.5 Å². The molecule has 0 unspecified atom stereocenters. The van der Waals surface area contributed by atoms with Crippen LogP contribution in [0.5, 0.6) is 5.88 Å². The Kier molecular flexibility index (Phi) is 7.24. The number of halogens is 2. The van der Waals surface area contributed by atoms with E-state index in [-0.39, 0.29) is 23.4 Å². The molecule has 1 atom stereocenters. The number of carbonyl (C=O) groups excluding carboxylic acids is 2. The second kappa shape index (κ2) is 9.40. The van der Waals surface area contributed by atoms with Crippen molar-refractivity contribution in [3.05, 3.63) is 57.7 Å². The highest BCUT2D eigenvalue weighted by Gasteiger charge is 2.20. The van der Waals surface area contributed by atoms with E-state index in [9.17, 15) is 9.59 Å². The Morgan fingerprint density at radius 3 is 2.69 bits per heavy atom. The second-order valence-electron chi connectivity index (χ2n) is 5.37. The number of ether oxygens (including phenoxy) is 2. The first-order chi connectivity index (χ1) is 12.4. The Morgan fingerprint density at radius 1 is 1.27 bits per heavy atom. The van der Waals surface area contributed by atoms with Crippen LogP contribution in [0.4, 0.5) is 0 Å². The van der Waals surface area contributed by atoms with Crippen molar-refractivity contribution in [1.82, 2.24) is 10.3 Å². The van der Waals surface area contributed by atoms with Gasteiger partial charge in [-0.3, -0.25) is 4.79 Å². The van der Waals surface area contributed by atoms with Crippen LogP contribution in [0.15, 0.2) is 36.5 Å². The van der Waals surface area contributed by atoms with E-state index in [4.69, 9.17) is 27.9 Å². The molecule has 1 heterocycles. The van der Waals surface area contributed by atoms with Gasteiger partial charge in [0.25, 0.3) is 5.91 Å². The van der Waals surface area contributed by atoms with Crippen LogP contribution in [0.25, 0.3) is 0 Å². The lowest BCUT2D eigenvalue weighted by Gasteiger charge is -2.17. The number of rotatable bonds is 7. The van der Waals surface area contributed by atoms with Crippen molar-refractivity contribution in [2.24, 2.45) is 0 Å². The minimum absolute atomic E-state index is 0.144. The molecule has 0 radical (unpaired) electrons. The number of nitrogens with zero attached hydrogens (tertiary/aromatic N) is 1. The third-order valence-electron chi connectivity index (χ3n) is 3.51. The molecule has 0 fully saturated rings. The molecule has 0 saturated carbocycles. The summed E-state index contributed by atoms with van der Waals surface area (Å²) in [7, 11) is 1.32. The van der Waals surface area contributed by atoms with Gasteiger partial charge in [0, 0.05) is 12.7 Å². The van der Waals surface area contributed by atoms with E-state index >= 15 is 0 Å². The van der Waals surface area contributed by atoms with E-state index in [1.165, 1.54) is 19.4 Å². The van der Waals surface area contributed by atoms with Crippen LogP contribution in [-0.4, -0.2) is 30.1 Å². The maximum atomic E-state index is 12.4. The minimum atomic E-state index is -0.759. The van der Waals surface area contributed by atoms with Crippen molar-refractivity contribution in [2.45, 2.75) is 26.0 Å². The number of carbonyl (C=O) groups is 2. The Balaban J connectivity index is 2.00. The summed E-state index contributed by atoms with van der Waals surface area (Å²) in [5.41, 5.74) is 1.18. The van der Waals surface area contributed by atoms with Gasteiger partial charge in [-0.2, -0.15) is 0 Å². The lowest BCUT2D eigenvalue weighted by atomic mass is 10.1. The van der Waals surface area contributed by atoms with Crippen molar-refractivity contribution in [2.75, 3.05) is 7.11 Å². The molecule has 1 aromatic heterocycles. The second-order valence-corrected chi connectivity index (χ2v) is 6.21. The number of esters is 1. The van der Waals surface area contributed by atoms with Crippen LogP contribution >= 0.6 is 23.2 Å². The molecule has 138 valence electrons. The average molecular weight is 397 g/mol. The zero-order valence-corrected chi connectivity index (χ0v) is 15.8. The number of hydrogen-bond donors (Lipinski definition) is 1. The van der Waals surface area contributed by atoms with Gasteiger partial charge in [-0.1, -0.05) is 42.3 Å². The van der Waals surface area contributed by atoms with Gasteiger partial charge in [0.2, 0.25) is 5.88 Å². The molecule has 2 rings (SSSR count). The SMILES string of the molecule is CC[C@@H](Oc1ncc(Cl)cc1Cl)C(=O)NCc1cccc(C(=O)OC)c1. The lowest BCUT2D eigenvalue weighted by molar-refractivity contribution is -0.128. The minimum Gasteiger partial charge on any atom is -0.465 e. The van der Waals surface area contributed by atoms with Crippen LogP contribution in [0, 0.1) is 0 Å². The molecule has 0 aliphatic heterocycles. The Hall–Kier alpha value is -2.31. The quantitative estimate of drug-likeness (QED) is 0.722. The number of aromatic nitrogens is 1. The Labute approximate surface area is 161 Å². The molecule has 0 saturated heterocycles. The molecule has 0 spiro atoms. The number of hydrogen-bond acceptors (Lipinski definition) is 5. The molecular weight excluding hydrogens is 379 g/mol. The number of pyridine rings is 1. The molecule has 0 bridgehead atoms. The molecule has 26 heavy (non-hydrogen) atoms. The predicted molar refractivity (Wildman–Crippen MR) is 98.6 cm³/mol. The van der Waals surface area contributed by atoms with E-state index in [2.05, 4.69) is 15.0 Å². The molecular formula is C18H18Cl2N2O4. The maximum Gasteiger partial charge on any atom is 0.337 e. The fourth-order valence-corrected chi connectivity index (χ4v) is 2.60. The molecule has 0 aliphatic carbocycles. The normalized spacial score (nSPS) is 11.5. The predicted octanol–water partition coefficient (Wildman–Crippen LogP) is 3.65. The van der Waals surface area contributed by atoms with Gasteiger partial charge in [0.15, 0.2) is 6.10 Å².